The molecule has 0 N–H and O–H groups in total. The Morgan fingerprint density at radius 3 is 3.05 bits per heavy atom. The minimum Gasteiger partial charge on any atom is -0.459 e. The Hall–Kier alpha value is -2.17. The number of nitrogens with zero attached hydrogens (tertiary/aromatic N) is 2. The Morgan fingerprint density at radius 1 is 1.53 bits per heavy atom. The molecular formula is C14H14N2O3. The minimum absolute atomic E-state index is 0.0586. The molecule has 5 heteroatoms. The maximum absolute atomic E-state index is 11.9. The van der Waals surface area contributed by atoms with Crippen molar-refractivity contribution in [2.75, 3.05) is 0 Å². The van der Waals surface area contributed by atoms with Gasteiger partial charge in [-0.2, -0.15) is 0 Å². The van der Waals surface area contributed by atoms with E-state index in [1.165, 1.54) is 10.5 Å². The van der Waals surface area contributed by atoms with E-state index in [1.54, 1.807) is 12.3 Å². The Bertz CT molecular complexity index is 701. The van der Waals surface area contributed by atoms with E-state index in [2.05, 4.69) is 4.98 Å². The molecule has 0 unspecified atom stereocenters. The van der Waals surface area contributed by atoms with Crippen LogP contribution in [-0.2, 0) is 16.1 Å². The summed E-state index contributed by atoms with van der Waals surface area (Å²) in [5, 5.41) is 0. The monoisotopic (exact) mass is 258 g/mol. The molecule has 0 amide bonds. The zero-order valence-corrected chi connectivity index (χ0v) is 10.6. The maximum atomic E-state index is 11.9. The van der Waals surface area contributed by atoms with Gasteiger partial charge in [0.05, 0.1) is 11.6 Å². The van der Waals surface area contributed by atoms with Crippen LogP contribution in [0.2, 0.25) is 0 Å². The van der Waals surface area contributed by atoms with Crippen molar-refractivity contribution < 1.29 is 9.53 Å². The smallest absolute Gasteiger partial charge is 0.309 e. The summed E-state index contributed by atoms with van der Waals surface area (Å²) in [6, 6.07) is 5.10. The Kier molecular flexibility index (Phi) is 2.81. The van der Waals surface area contributed by atoms with Crippen LogP contribution in [0.3, 0.4) is 0 Å². The summed E-state index contributed by atoms with van der Waals surface area (Å²) < 4.78 is 6.63. The van der Waals surface area contributed by atoms with Crippen molar-refractivity contribution in [3.05, 3.63) is 46.0 Å². The lowest BCUT2D eigenvalue weighted by Gasteiger charge is -2.06. The first-order chi connectivity index (χ1) is 9.15. The average Bonchev–Trinajstić information content (AvgIpc) is 3.21. The van der Waals surface area contributed by atoms with Gasteiger partial charge < -0.3 is 4.74 Å². The van der Waals surface area contributed by atoms with Crippen LogP contribution in [0.1, 0.15) is 24.1 Å². The van der Waals surface area contributed by atoms with Crippen molar-refractivity contribution in [3.8, 4) is 0 Å². The van der Waals surface area contributed by atoms with E-state index in [4.69, 9.17) is 4.74 Å². The zero-order chi connectivity index (χ0) is 13.4. The molecule has 2 heterocycles. The van der Waals surface area contributed by atoms with Crippen LogP contribution < -0.4 is 5.56 Å². The number of ether oxygens (including phenoxy) is 1. The number of hydrogen-bond donors (Lipinski definition) is 0. The molecule has 98 valence electrons. The molecule has 2 aromatic rings. The first-order valence-corrected chi connectivity index (χ1v) is 6.30. The Morgan fingerprint density at radius 2 is 2.32 bits per heavy atom. The lowest BCUT2D eigenvalue weighted by atomic mass is 10.3. The molecule has 1 fully saturated rings. The van der Waals surface area contributed by atoms with Crippen LogP contribution in [0.15, 0.2) is 29.2 Å². The largest absolute Gasteiger partial charge is 0.459 e. The fraction of sp³-hybridized carbons (Fsp3) is 0.357. The standard InChI is InChI=1S/C14H14N2O3/c1-9-3-2-6-16-12(17)7-11(15-13(9)16)8-19-14(18)10-4-5-10/h2-3,6-7,10H,4-5,8H2,1H3. The lowest BCUT2D eigenvalue weighted by Crippen LogP contribution is -2.17. The molecule has 0 atom stereocenters. The molecule has 0 aromatic carbocycles. The Balaban J connectivity index is 1.89. The second kappa shape index (κ2) is 4.50. The molecular weight excluding hydrogens is 244 g/mol. The van der Waals surface area contributed by atoms with Gasteiger partial charge in [0, 0.05) is 12.3 Å². The van der Waals surface area contributed by atoms with Crippen molar-refractivity contribution >= 4 is 11.6 Å². The number of fused-ring (bicyclic) bond motifs is 1. The minimum atomic E-state index is -0.188. The highest BCUT2D eigenvalue weighted by molar-refractivity contribution is 5.74. The van der Waals surface area contributed by atoms with Crippen LogP contribution in [0.25, 0.3) is 5.65 Å². The second-order valence-corrected chi connectivity index (χ2v) is 4.85. The quantitative estimate of drug-likeness (QED) is 0.782. The van der Waals surface area contributed by atoms with Gasteiger partial charge in [0.15, 0.2) is 0 Å². The van der Waals surface area contributed by atoms with E-state index < -0.39 is 0 Å². The molecule has 1 aliphatic carbocycles. The number of esters is 1. The first-order valence-electron chi connectivity index (χ1n) is 6.30. The van der Waals surface area contributed by atoms with Crippen LogP contribution >= 0.6 is 0 Å². The van der Waals surface area contributed by atoms with Gasteiger partial charge in [-0.05, 0) is 31.4 Å². The van der Waals surface area contributed by atoms with Gasteiger partial charge in [-0.1, -0.05) is 6.07 Å². The van der Waals surface area contributed by atoms with E-state index in [0.29, 0.717) is 11.3 Å². The van der Waals surface area contributed by atoms with Crippen molar-refractivity contribution in [1.29, 1.82) is 0 Å². The zero-order valence-electron chi connectivity index (χ0n) is 10.6. The molecule has 0 radical (unpaired) electrons. The van der Waals surface area contributed by atoms with E-state index >= 15 is 0 Å². The number of aryl methyl sites for hydroxylation is 1. The molecule has 0 spiro atoms. The number of carbonyl (C=O) groups is 1. The summed E-state index contributed by atoms with van der Waals surface area (Å²) in [6.45, 7) is 1.96. The van der Waals surface area contributed by atoms with Gasteiger partial charge in [-0.3, -0.25) is 14.0 Å². The summed E-state index contributed by atoms with van der Waals surface area (Å²) >= 11 is 0. The number of rotatable bonds is 3. The average molecular weight is 258 g/mol. The topological polar surface area (TPSA) is 60.7 Å². The van der Waals surface area contributed by atoms with Crippen molar-refractivity contribution in [2.24, 2.45) is 5.92 Å². The first kappa shape index (κ1) is 11.9. The van der Waals surface area contributed by atoms with Crippen LogP contribution in [-0.4, -0.2) is 15.4 Å². The van der Waals surface area contributed by atoms with Gasteiger partial charge in [-0.25, -0.2) is 4.98 Å². The highest BCUT2D eigenvalue weighted by atomic mass is 16.5. The molecule has 3 rings (SSSR count). The third kappa shape index (κ3) is 2.36. The molecule has 0 bridgehead atoms. The number of pyridine rings is 1. The third-order valence-electron chi connectivity index (χ3n) is 3.21. The highest BCUT2D eigenvalue weighted by Gasteiger charge is 2.31. The van der Waals surface area contributed by atoms with Crippen molar-refractivity contribution in [2.45, 2.75) is 26.4 Å². The van der Waals surface area contributed by atoms with Gasteiger partial charge in [0.1, 0.15) is 12.3 Å². The summed E-state index contributed by atoms with van der Waals surface area (Å²) in [6.07, 6.45) is 3.50. The second-order valence-electron chi connectivity index (χ2n) is 4.85. The summed E-state index contributed by atoms with van der Waals surface area (Å²) in [5.41, 5.74) is 1.85. The third-order valence-corrected chi connectivity index (χ3v) is 3.21. The van der Waals surface area contributed by atoms with Crippen LogP contribution in [0.5, 0.6) is 0 Å². The maximum Gasteiger partial charge on any atom is 0.309 e. The SMILES string of the molecule is Cc1cccn2c(=O)cc(COC(=O)C3CC3)nc12. The van der Waals surface area contributed by atoms with Gasteiger partial charge in [0.25, 0.3) is 5.56 Å². The van der Waals surface area contributed by atoms with Gasteiger partial charge in [-0.15, -0.1) is 0 Å². The fourth-order valence-electron chi connectivity index (χ4n) is 1.96. The summed E-state index contributed by atoms with van der Waals surface area (Å²) in [5.74, 6) is -0.130. The van der Waals surface area contributed by atoms with Crippen LogP contribution in [0, 0.1) is 12.8 Å². The molecule has 2 aromatic heterocycles. The van der Waals surface area contributed by atoms with E-state index in [0.717, 1.165) is 18.4 Å². The molecule has 1 saturated carbocycles. The Labute approximate surface area is 109 Å². The normalized spacial score (nSPS) is 14.6. The van der Waals surface area contributed by atoms with E-state index in [-0.39, 0.29) is 24.1 Å². The van der Waals surface area contributed by atoms with Crippen molar-refractivity contribution in [3.63, 3.8) is 0 Å². The van der Waals surface area contributed by atoms with Crippen LogP contribution in [0.4, 0.5) is 0 Å². The number of aromatic nitrogens is 2. The van der Waals surface area contributed by atoms with Crippen molar-refractivity contribution in [1.82, 2.24) is 9.38 Å². The summed E-state index contributed by atoms with van der Waals surface area (Å²) in [7, 11) is 0. The molecule has 1 aliphatic rings. The lowest BCUT2D eigenvalue weighted by molar-refractivity contribution is -0.146. The molecule has 19 heavy (non-hydrogen) atoms. The number of hydrogen-bond acceptors (Lipinski definition) is 4. The fourth-order valence-corrected chi connectivity index (χ4v) is 1.96. The van der Waals surface area contributed by atoms with Gasteiger partial charge >= 0.3 is 5.97 Å². The predicted octanol–water partition coefficient (Wildman–Crippen LogP) is 1.46. The van der Waals surface area contributed by atoms with E-state index in [9.17, 15) is 9.59 Å². The predicted molar refractivity (Wildman–Crippen MR) is 68.7 cm³/mol. The highest BCUT2D eigenvalue weighted by Crippen LogP contribution is 2.30. The molecule has 0 saturated heterocycles. The number of carbonyl (C=O) groups excluding carboxylic acids is 1. The summed E-state index contributed by atoms with van der Waals surface area (Å²) in [4.78, 5) is 27.8. The van der Waals surface area contributed by atoms with Gasteiger partial charge in [0.2, 0.25) is 0 Å². The molecule has 5 nitrogen and oxygen atoms in total. The van der Waals surface area contributed by atoms with E-state index in [1.807, 2.05) is 13.0 Å². The molecule has 0 aliphatic heterocycles.